The molecule has 1 aromatic carbocycles. The number of benzene rings is 1. The number of amides is 1. The van der Waals surface area contributed by atoms with Gasteiger partial charge in [0.15, 0.2) is 11.3 Å². The molecule has 0 aliphatic carbocycles. The van der Waals surface area contributed by atoms with Crippen LogP contribution in [0.3, 0.4) is 0 Å². The molecule has 7 nitrogen and oxygen atoms in total. The minimum Gasteiger partial charge on any atom is -0.496 e. The van der Waals surface area contributed by atoms with E-state index in [4.69, 9.17) is 16.2 Å². The highest BCUT2D eigenvalue weighted by molar-refractivity contribution is 6.12. The molecule has 0 unspecified atom stereocenters. The summed E-state index contributed by atoms with van der Waals surface area (Å²) in [6.07, 6.45) is -4.76. The maximum Gasteiger partial charge on any atom is 0.433 e. The van der Waals surface area contributed by atoms with E-state index >= 15 is 0 Å². The normalized spacial score (nSPS) is 12.2. The summed E-state index contributed by atoms with van der Waals surface area (Å²) in [6.45, 7) is 6.67. The van der Waals surface area contributed by atoms with Crippen molar-refractivity contribution in [3.05, 3.63) is 34.5 Å². The second-order valence-corrected chi connectivity index (χ2v) is 7.10. The number of aromatic nitrogens is 3. The molecule has 0 aliphatic rings. The van der Waals surface area contributed by atoms with Crippen LogP contribution < -0.4 is 16.2 Å². The van der Waals surface area contributed by atoms with Crippen LogP contribution in [0.5, 0.6) is 5.75 Å². The number of fused-ring (bicyclic) bond motifs is 1. The summed E-state index contributed by atoms with van der Waals surface area (Å²) >= 11 is 0. The van der Waals surface area contributed by atoms with Crippen LogP contribution in [0.25, 0.3) is 16.7 Å². The molecule has 1 amide bonds. The van der Waals surface area contributed by atoms with Crippen molar-refractivity contribution >= 4 is 22.8 Å². The van der Waals surface area contributed by atoms with Crippen molar-refractivity contribution in [2.24, 2.45) is 5.73 Å². The molecule has 0 atom stereocenters. The van der Waals surface area contributed by atoms with Gasteiger partial charge in [-0.25, -0.2) is 0 Å². The fourth-order valence-corrected chi connectivity index (χ4v) is 3.67. The Morgan fingerprint density at radius 3 is 2.34 bits per heavy atom. The number of alkyl halides is 3. The van der Waals surface area contributed by atoms with Crippen LogP contribution in [0.1, 0.15) is 47.1 Å². The first-order valence-corrected chi connectivity index (χ1v) is 8.85. The molecule has 2 heterocycles. The third-order valence-corrected chi connectivity index (χ3v) is 4.88. The number of halogens is 3. The maximum absolute atomic E-state index is 14.0. The Morgan fingerprint density at radius 2 is 1.86 bits per heavy atom. The van der Waals surface area contributed by atoms with Gasteiger partial charge in [0.2, 0.25) is 0 Å². The van der Waals surface area contributed by atoms with Crippen molar-refractivity contribution in [2.75, 3.05) is 12.8 Å². The van der Waals surface area contributed by atoms with E-state index in [0.717, 1.165) is 10.2 Å². The van der Waals surface area contributed by atoms with E-state index in [1.165, 1.54) is 11.7 Å². The van der Waals surface area contributed by atoms with E-state index < -0.39 is 34.8 Å². The third-order valence-electron chi connectivity index (χ3n) is 4.88. The molecule has 0 aliphatic heterocycles. The van der Waals surface area contributed by atoms with Gasteiger partial charge in [-0.1, -0.05) is 6.07 Å². The first kappa shape index (κ1) is 20.6. The fraction of sp³-hybridized carbons (Fsp3) is 0.368. The highest BCUT2D eigenvalue weighted by Gasteiger charge is 2.42. The van der Waals surface area contributed by atoms with Gasteiger partial charge in [0, 0.05) is 11.6 Å². The predicted molar refractivity (Wildman–Crippen MR) is 103 cm³/mol. The number of aryl methyl sites for hydroxylation is 1. The van der Waals surface area contributed by atoms with Gasteiger partial charge in [0.05, 0.1) is 23.7 Å². The minimum absolute atomic E-state index is 0.0863. The highest BCUT2D eigenvalue weighted by Crippen LogP contribution is 2.43. The fourth-order valence-electron chi connectivity index (χ4n) is 3.67. The van der Waals surface area contributed by atoms with E-state index in [2.05, 4.69) is 5.10 Å². The van der Waals surface area contributed by atoms with Crippen molar-refractivity contribution in [1.29, 1.82) is 0 Å². The number of methoxy groups -OCH3 is 1. The number of rotatable bonds is 4. The summed E-state index contributed by atoms with van der Waals surface area (Å²) < 4.78 is 49.4. The molecule has 0 spiro atoms. The molecule has 4 N–H and O–H groups in total. The standard InChI is InChI=1S/C19H22F3N5O2/c1-8(2)27-15(19(20,21)22)12-13(17(24)28)16(23)26(18(12)25-27)14-9(3)6-7-11(29-5)10(14)4/h6-8H,23H2,1-5H3,(H2,24,28). The Balaban J connectivity index is 2.59. The third kappa shape index (κ3) is 2.99. The van der Waals surface area contributed by atoms with Gasteiger partial charge < -0.3 is 16.2 Å². The molecule has 0 saturated carbocycles. The van der Waals surface area contributed by atoms with Gasteiger partial charge in [-0.05, 0) is 39.3 Å². The lowest BCUT2D eigenvalue weighted by Gasteiger charge is -2.17. The van der Waals surface area contributed by atoms with Crippen molar-refractivity contribution in [2.45, 2.75) is 39.9 Å². The van der Waals surface area contributed by atoms with Crippen LogP contribution in [-0.2, 0) is 6.18 Å². The summed E-state index contributed by atoms with van der Waals surface area (Å²) in [7, 11) is 1.49. The summed E-state index contributed by atoms with van der Waals surface area (Å²) in [5, 5.41) is 3.78. The van der Waals surface area contributed by atoms with Gasteiger partial charge in [-0.3, -0.25) is 14.0 Å². The largest absolute Gasteiger partial charge is 0.496 e. The van der Waals surface area contributed by atoms with Crippen LogP contribution in [0.2, 0.25) is 0 Å². The molecule has 3 rings (SSSR count). The maximum atomic E-state index is 14.0. The minimum atomic E-state index is -4.76. The lowest BCUT2D eigenvalue weighted by molar-refractivity contribution is -0.143. The van der Waals surface area contributed by atoms with Gasteiger partial charge in [0.1, 0.15) is 11.6 Å². The Labute approximate surface area is 165 Å². The predicted octanol–water partition coefficient (Wildman–Crippen LogP) is 3.73. The van der Waals surface area contributed by atoms with Crippen LogP contribution >= 0.6 is 0 Å². The molecular formula is C19H22F3N5O2. The number of nitrogen functional groups attached to an aromatic ring is 1. The van der Waals surface area contributed by atoms with Gasteiger partial charge in [-0.2, -0.15) is 18.3 Å². The molecule has 3 aromatic rings. The zero-order valence-corrected chi connectivity index (χ0v) is 16.7. The molecule has 0 radical (unpaired) electrons. The summed E-state index contributed by atoms with van der Waals surface area (Å²) in [4.78, 5) is 12.1. The highest BCUT2D eigenvalue weighted by atomic mass is 19.4. The van der Waals surface area contributed by atoms with E-state index in [-0.39, 0.29) is 11.5 Å². The Morgan fingerprint density at radius 1 is 1.24 bits per heavy atom. The second kappa shape index (κ2) is 6.71. The smallest absolute Gasteiger partial charge is 0.433 e. The van der Waals surface area contributed by atoms with Gasteiger partial charge >= 0.3 is 6.18 Å². The number of nitrogens with two attached hydrogens (primary N) is 2. The first-order chi connectivity index (χ1) is 13.4. The molecule has 0 saturated heterocycles. The summed E-state index contributed by atoms with van der Waals surface area (Å²) in [5.74, 6) is -0.735. The number of ether oxygens (including phenoxy) is 1. The van der Waals surface area contributed by atoms with E-state index in [9.17, 15) is 18.0 Å². The topological polar surface area (TPSA) is 101 Å². The number of carbonyl (C=O) groups excluding carboxylic acids is 1. The average Bonchev–Trinajstić information content (AvgIpc) is 3.09. The molecule has 0 bridgehead atoms. The molecule has 0 fully saturated rings. The van der Waals surface area contributed by atoms with Crippen molar-refractivity contribution in [3.8, 4) is 11.4 Å². The summed E-state index contributed by atoms with van der Waals surface area (Å²) in [5.41, 5.74) is 11.9. The monoisotopic (exact) mass is 409 g/mol. The number of primary amides is 1. The van der Waals surface area contributed by atoms with Crippen LogP contribution in [0.15, 0.2) is 12.1 Å². The molecule has 2 aromatic heterocycles. The van der Waals surface area contributed by atoms with E-state index in [1.54, 1.807) is 39.8 Å². The first-order valence-electron chi connectivity index (χ1n) is 8.85. The van der Waals surface area contributed by atoms with Crippen molar-refractivity contribution in [3.63, 3.8) is 0 Å². The quantitative estimate of drug-likeness (QED) is 0.685. The molecule has 29 heavy (non-hydrogen) atoms. The average molecular weight is 409 g/mol. The van der Waals surface area contributed by atoms with Gasteiger partial charge in [-0.15, -0.1) is 0 Å². The van der Waals surface area contributed by atoms with E-state index in [0.29, 0.717) is 17.0 Å². The van der Waals surface area contributed by atoms with Crippen molar-refractivity contribution < 1.29 is 22.7 Å². The number of hydrogen-bond acceptors (Lipinski definition) is 4. The molecule has 156 valence electrons. The molecular weight excluding hydrogens is 387 g/mol. The Bertz CT molecular complexity index is 1130. The number of carbonyl (C=O) groups is 1. The zero-order valence-electron chi connectivity index (χ0n) is 16.7. The molecule has 10 heteroatoms. The number of nitrogens with zero attached hydrogens (tertiary/aromatic N) is 3. The number of hydrogen-bond donors (Lipinski definition) is 2. The van der Waals surface area contributed by atoms with E-state index in [1.807, 2.05) is 0 Å². The lowest BCUT2D eigenvalue weighted by Crippen LogP contribution is -2.20. The zero-order chi connectivity index (χ0) is 21.8. The van der Waals surface area contributed by atoms with Crippen LogP contribution in [-0.4, -0.2) is 27.4 Å². The van der Waals surface area contributed by atoms with Crippen LogP contribution in [0, 0.1) is 13.8 Å². The lowest BCUT2D eigenvalue weighted by atomic mass is 10.1. The summed E-state index contributed by atoms with van der Waals surface area (Å²) in [6, 6.07) is 2.89. The Kier molecular flexibility index (Phi) is 4.76. The Hall–Kier alpha value is -3.17. The second-order valence-electron chi connectivity index (χ2n) is 7.10. The number of anilines is 1. The van der Waals surface area contributed by atoms with Crippen LogP contribution in [0.4, 0.5) is 19.0 Å². The van der Waals surface area contributed by atoms with Gasteiger partial charge in [0.25, 0.3) is 5.91 Å². The van der Waals surface area contributed by atoms with Crippen molar-refractivity contribution in [1.82, 2.24) is 14.3 Å². The SMILES string of the molecule is COc1ccc(C)c(-n2c(N)c(C(N)=O)c3c(C(F)(F)F)n(C(C)C)nc32)c1C.